The van der Waals surface area contributed by atoms with Crippen molar-refractivity contribution in [1.82, 2.24) is 10.2 Å². The highest BCUT2D eigenvalue weighted by Crippen LogP contribution is 2.30. The first-order valence-corrected chi connectivity index (χ1v) is 5.82. The third-order valence-corrected chi connectivity index (χ3v) is 2.93. The van der Waals surface area contributed by atoms with E-state index in [1.165, 1.54) is 0 Å². The number of ether oxygens (including phenoxy) is 2. The van der Waals surface area contributed by atoms with Crippen molar-refractivity contribution in [3.8, 4) is 0 Å². The summed E-state index contributed by atoms with van der Waals surface area (Å²) in [5.41, 5.74) is 7.36. The molecule has 1 aromatic heterocycles. The van der Waals surface area contributed by atoms with Crippen molar-refractivity contribution in [3.63, 3.8) is 0 Å². The summed E-state index contributed by atoms with van der Waals surface area (Å²) < 4.78 is 10.2. The largest absolute Gasteiger partial charge is 0.461 e. The predicted octanol–water partition coefficient (Wildman–Crippen LogP) is 1.06. The van der Waals surface area contributed by atoms with Crippen LogP contribution >= 0.6 is 0 Å². The zero-order chi connectivity index (χ0) is 12.3. The lowest BCUT2D eigenvalue weighted by Crippen LogP contribution is -2.15. The second-order valence-electron chi connectivity index (χ2n) is 4.01. The highest BCUT2D eigenvalue weighted by atomic mass is 16.5. The first kappa shape index (κ1) is 11.9. The van der Waals surface area contributed by atoms with E-state index in [-0.39, 0.29) is 5.69 Å². The Hall–Kier alpha value is -1.56. The van der Waals surface area contributed by atoms with E-state index in [1.54, 1.807) is 6.92 Å². The molecule has 17 heavy (non-hydrogen) atoms. The SMILES string of the molecule is CCOC(=O)c1n[nH]c(C2CCOCC2)c1N. The number of hydrogen-bond donors (Lipinski definition) is 2. The van der Waals surface area contributed by atoms with Crippen LogP contribution in [0.25, 0.3) is 0 Å². The number of nitrogens with zero attached hydrogens (tertiary/aromatic N) is 1. The molecule has 0 aliphatic carbocycles. The molecular weight excluding hydrogens is 222 g/mol. The molecule has 0 unspecified atom stereocenters. The van der Waals surface area contributed by atoms with E-state index < -0.39 is 5.97 Å². The van der Waals surface area contributed by atoms with Gasteiger partial charge < -0.3 is 15.2 Å². The molecule has 0 aromatic carbocycles. The molecule has 1 aromatic rings. The molecule has 6 heteroatoms. The number of aromatic nitrogens is 2. The van der Waals surface area contributed by atoms with Crippen LogP contribution in [0.3, 0.4) is 0 Å². The van der Waals surface area contributed by atoms with Gasteiger partial charge in [0.15, 0.2) is 5.69 Å². The smallest absolute Gasteiger partial charge is 0.361 e. The molecule has 94 valence electrons. The van der Waals surface area contributed by atoms with Crippen LogP contribution in [0.4, 0.5) is 5.69 Å². The number of carbonyl (C=O) groups is 1. The summed E-state index contributed by atoms with van der Waals surface area (Å²) in [6.07, 6.45) is 1.79. The predicted molar refractivity (Wildman–Crippen MR) is 61.8 cm³/mol. The van der Waals surface area contributed by atoms with Crippen LogP contribution in [0.1, 0.15) is 41.9 Å². The molecule has 0 saturated carbocycles. The quantitative estimate of drug-likeness (QED) is 0.770. The standard InChI is InChI=1S/C11H17N3O3/c1-2-17-11(15)10-8(12)9(13-14-10)7-3-5-16-6-4-7/h7H,2-6,12H2,1H3,(H,13,14). The van der Waals surface area contributed by atoms with Gasteiger partial charge in [0.05, 0.1) is 18.0 Å². The molecule has 1 saturated heterocycles. The summed E-state index contributed by atoms with van der Waals surface area (Å²) >= 11 is 0. The number of aromatic amines is 1. The fourth-order valence-electron chi connectivity index (χ4n) is 2.02. The van der Waals surface area contributed by atoms with Gasteiger partial charge in [0.2, 0.25) is 0 Å². The monoisotopic (exact) mass is 239 g/mol. The zero-order valence-corrected chi connectivity index (χ0v) is 9.86. The molecule has 0 bridgehead atoms. The van der Waals surface area contributed by atoms with Crippen LogP contribution in [0, 0.1) is 0 Å². The molecule has 2 heterocycles. The zero-order valence-electron chi connectivity index (χ0n) is 9.86. The number of H-pyrrole nitrogens is 1. The van der Waals surface area contributed by atoms with Crippen LogP contribution in [0.15, 0.2) is 0 Å². The van der Waals surface area contributed by atoms with E-state index in [0.29, 0.717) is 18.2 Å². The highest BCUT2D eigenvalue weighted by molar-refractivity contribution is 5.93. The Morgan fingerprint density at radius 2 is 2.29 bits per heavy atom. The minimum Gasteiger partial charge on any atom is -0.461 e. The number of nitrogen functional groups attached to an aromatic ring is 1. The fraction of sp³-hybridized carbons (Fsp3) is 0.636. The average Bonchev–Trinajstić information content (AvgIpc) is 2.72. The van der Waals surface area contributed by atoms with E-state index in [9.17, 15) is 4.79 Å². The van der Waals surface area contributed by atoms with Crippen molar-refractivity contribution in [3.05, 3.63) is 11.4 Å². The lowest BCUT2D eigenvalue weighted by Gasteiger charge is -2.21. The van der Waals surface area contributed by atoms with Crippen molar-refractivity contribution in [2.24, 2.45) is 0 Å². The minimum absolute atomic E-state index is 0.188. The number of rotatable bonds is 3. The normalized spacial score (nSPS) is 17.0. The van der Waals surface area contributed by atoms with Gasteiger partial charge in [0.25, 0.3) is 0 Å². The second kappa shape index (κ2) is 5.18. The molecule has 1 aliphatic rings. The van der Waals surface area contributed by atoms with Gasteiger partial charge in [0, 0.05) is 19.1 Å². The molecule has 0 amide bonds. The third kappa shape index (κ3) is 2.41. The van der Waals surface area contributed by atoms with E-state index in [0.717, 1.165) is 31.7 Å². The summed E-state index contributed by atoms with van der Waals surface area (Å²) in [6.45, 7) is 3.51. The lowest BCUT2D eigenvalue weighted by molar-refractivity contribution is 0.0520. The summed E-state index contributed by atoms with van der Waals surface area (Å²) in [5.74, 6) is -0.181. The van der Waals surface area contributed by atoms with Crippen molar-refractivity contribution in [1.29, 1.82) is 0 Å². The summed E-state index contributed by atoms with van der Waals surface area (Å²) in [4.78, 5) is 11.6. The maximum atomic E-state index is 11.6. The van der Waals surface area contributed by atoms with Crippen LogP contribution < -0.4 is 5.73 Å². The molecule has 0 radical (unpaired) electrons. The second-order valence-corrected chi connectivity index (χ2v) is 4.01. The van der Waals surface area contributed by atoms with Crippen molar-refractivity contribution >= 4 is 11.7 Å². The number of hydrogen-bond acceptors (Lipinski definition) is 5. The number of esters is 1. The first-order chi connectivity index (χ1) is 8.24. The Kier molecular flexibility index (Phi) is 3.63. The van der Waals surface area contributed by atoms with Gasteiger partial charge in [-0.15, -0.1) is 0 Å². The molecule has 1 aliphatic heterocycles. The lowest BCUT2D eigenvalue weighted by atomic mass is 9.95. The molecule has 2 rings (SSSR count). The van der Waals surface area contributed by atoms with Crippen molar-refractivity contribution in [2.75, 3.05) is 25.6 Å². The molecule has 0 spiro atoms. The topological polar surface area (TPSA) is 90.2 Å². The van der Waals surface area contributed by atoms with E-state index in [1.807, 2.05) is 0 Å². The fourth-order valence-corrected chi connectivity index (χ4v) is 2.02. The van der Waals surface area contributed by atoms with Crippen molar-refractivity contribution < 1.29 is 14.3 Å². The van der Waals surface area contributed by atoms with E-state index in [2.05, 4.69) is 10.2 Å². The number of anilines is 1. The van der Waals surface area contributed by atoms with Gasteiger partial charge in [-0.1, -0.05) is 0 Å². The Morgan fingerprint density at radius 3 is 2.94 bits per heavy atom. The van der Waals surface area contributed by atoms with E-state index in [4.69, 9.17) is 15.2 Å². The van der Waals surface area contributed by atoms with Gasteiger partial charge in [-0.25, -0.2) is 4.79 Å². The first-order valence-electron chi connectivity index (χ1n) is 5.82. The number of nitrogens with two attached hydrogens (primary N) is 1. The Morgan fingerprint density at radius 1 is 1.59 bits per heavy atom. The Labute approximate surface area is 99.5 Å². The molecule has 1 fully saturated rings. The molecule has 6 nitrogen and oxygen atoms in total. The van der Waals surface area contributed by atoms with Crippen LogP contribution in [0.2, 0.25) is 0 Å². The molecule has 3 N–H and O–H groups in total. The highest BCUT2D eigenvalue weighted by Gasteiger charge is 2.25. The van der Waals surface area contributed by atoms with Gasteiger partial charge in [-0.05, 0) is 19.8 Å². The number of nitrogens with one attached hydrogen (secondary N) is 1. The molecule has 0 atom stereocenters. The number of carbonyl (C=O) groups excluding carboxylic acids is 1. The maximum Gasteiger partial charge on any atom is 0.361 e. The molecular formula is C11H17N3O3. The third-order valence-electron chi connectivity index (χ3n) is 2.93. The van der Waals surface area contributed by atoms with Crippen LogP contribution in [-0.2, 0) is 9.47 Å². The van der Waals surface area contributed by atoms with Crippen molar-refractivity contribution in [2.45, 2.75) is 25.7 Å². The van der Waals surface area contributed by atoms with Gasteiger partial charge in [-0.3, -0.25) is 5.10 Å². The van der Waals surface area contributed by atoms with Crippen LogP contribution in [-0.4, -0.2) is 36.0 Å². The van der Waals surface area contributed by atoms with Crippen LogP contribution in [0.5, 0.6) is 0 Å². The maximum absolute atomic E-state index is 11.6. The van der Waals surface area contributed by atoms with E-state index >= 15 is 0 Å². The Bertz CT molecular complexity index is 397. The average molecular weight is 239 g/mol. The van der Waals surface area contributed by atoms with Gasteiger partial charge >= 0.3 is 5.97 Å². The summed E-state index contributed by atoms with van der Waals surface area (Å²) in [6, 6.07) is 0. The Balaban J connectivity index is 2.16. The van der Waals surface area contributed by atoms with Gasteiger partial charge in [-0.2, -0.15) is 5.10 Å². The summed E-state index contributed by atoms with van der Waals surface area (Å²) in [7, 11) is 0. The summed E-state index contributed by atoms with van der Waals surface area (Å²) in [5, 5.41) is 6.80. The van der Waals surface area contributed by atoms with Gasteiger partial charge in [0.1, 0.15) is 0 Å². The minimum atomic E-state index is -0.473.